The highest BCUT2D eigenvalue weighted by Crippen LogP contribution is 2.37. The summed E-state index contributed by atoms with van der Waals surface area (Å²) in [6, 6.07) is 19.9. The van der Waals surface area contributed by atoms with E-state index in [1.807, 2.05) is 36.4 Å². The Morgan fingerprint density at radius 2 is 1.81 bits per heavy atom. The van der Waals surface area contributed by atoms with Crippen LogP contribution in [0.1, 0.15) is 23.0 Å². The van der Waals surface area contributed by atoms with Crippen molar-refractivity contribution in [2.45, 2.75) is 19.4 Å². The maximum Gasteiger partial charge on any atom is 0.276 e. The molecule has 5 heteroatoms. The lowest BCUT2D eigenvalue weighted by molar-refractivity contribution is 0.0988. The van der Waals surface area contributed by atoms with Crippen molar-refractivity contribution in [3.8, 4) is 0 Å². The normalized spacial score (nSPS) is 15.6. The third-order valence-electron chi connectivity index (χ3n) is 4.77. The number of benzene rings is 2. The first kappa shape index (κ1) is 16.3. The molecule has 0 fully saturated rings. The summed E-state index contributed by atoms with van der Waals surface area (Å²) in [5.41, 5.74) is 3.66. The zero-order valence-electron chi connectivity index (χ0n) is 14.8. The molecule has 5 nitrogen and oxygen atoms in total. The number of aromatic nitrogens is 2. The summed E-state index contributed by atoms with van der Waals surface area (Å²) in [6.07, 6.45) is 2.43. The van der Waals surface area contributed by atoms with Crippen LogP contribution in [0.5, 0.6) is 0 Å². The van der Waals surface area contributed by atoms with Gasteiger partial charge in [-0.1, -0.05) is 36.4 Å². The molecule has 0 saturated carbocycles. The van der Waals surface area contributed by atoms with Gasteiger partial charge in [-0.2, -0.15) is 0 Å². The van der Waals surface area contributed by atoms with Crippen molar-refractivity contribution < 1.29 is 4.79 Å². The molecule has 1 amide bonds. The maximum absolute atomic E-state index is 12.9. The number of amides is 1. The topological polar surface area (TPSA) is 49.3 Å². The molecular formula is C21H20N4O. The van der Waals surface area contributed by atoms with Gasteiger partial charge in [0.25, 0.3) is 5.91 Å². The quantitative estimate of drug-likeness (QED) is 0.724. The third-order valence-corrected chi connectivity index (χ3v) is 4.77. The Bertz CT molecular complexity index is 942. The van der Waals surface area contributed by atoms with E-state index in [0.717, 1.165) is 23.6 Å². The minimum absolute atomic E-state index is 0.153. The maximum atomic E-state index is 12.9. The Morgan fingerprint density at radius 1 is 1.08 bits per heavy atom. The molecule has 130 valence electrons. The van der Waals surface area contributed by atoms with Gasteiger partial charge in [-0.15, -0.1) is 0 Å². The molecule has 1 atom stereocenters. The highest BCUT2D eigenvalue weighted by molar-refractivity contribution is 6.04. The monoisotopic (exact) mass is 344 g/mol. The van der Waals surface area contributed by atoms with Crippen LogP contribution in [0.25, 0.3) is 0 Å². The molecule has 3 aromatic rings. The molecule has 26 heavy (non-hydrogen) atoms. The summed E-state index contributed by atoms with van der Waals surface area (Å²) in [4.78, 5) is 25.3. The minimum Gasteiger partial charge on any atom is -0.323 e. The van der Waals surface area contributed by atoms with Gasteiger partial charge in [0.15, 0.2) is 0 Å². The second-order valence-electron chi connectivity index (χ2n) is 6.51. The number of hydrogen-bond donors (Lipinski definition) is 0. The van der Waals surface area contributed by atoms with E-state index in [4.69, 9.17) is 0 Å². The van der Waals surface area contributed by atoms with Crippen LogP contribution in [0.15, 0.2) is 67.0 Å². The van der Waals surface area contributed by atoms with Gasteiger partial charge in [0.05, 0.1) is 0 Å². The smallest absolute Gasteiger partial charge is 0.276 e. The SMILES string of the molecule is CC1Cc2ccccc2N1c1cc(C(=O)N(C)c2ccccc2)ncn1. The van der Waals surface area contributed by atoms with Crippen LogP contribution >= 0.6 is 0 Å². The summed E-state index contributed by atoms with van der Waals surface area (Å²) < 4.78 is 0. The number of rotatable bonds is 3. The Morgan fingerprint density at radius 3 is 2.62 bits per heavy atom. The van der Waals surface area contributed by atoms with Crippen LogP contribution in [0.4, 0.5) is 17.2 Å². The molecule has 0 saturated heterocycles. The van der Waals surface area contributed by atoms with Gasteiger partial charge in [-0.25, -0.2) is 9.97 Å². The molecule has 2 heterocycles. The van der Waals surface area contributed by atoms with Crippen LogP contribution in [-0.2, 0) is 6.42 Å². The third kappa shape index (κ3) is 2.81. The number of carbonyl (C=O) groups excluding carboxylic acids is 1. The lowest BCUT2D eigenvalue weighted by Crippen LogP contribution is -2.29. The zero-order chi connectivity index (χ0) is 18.1. The highest BCUT2D eigenvalue weighted by Gasteiger charge is 2.28. The second kappa shape index (κ2) is 6.59. The van der Waals surface area contributed by atoms with E-state index in [-0.39, 0.29) is 11.9 Å². The van der Waals surface area contributed by atoms with Crippen LogP contribution in [0.3, 0.4) is 0 Å². The number of nitrogens with zero attached hydrogens (tertiary/aromatic N) is 4. The molecule has 4 rings (SSSR count). The average molecular weight is 344 g/mol. The van der Waals surface area contributed by atoms with Gasteiger partial charge in [-0.3, -0.25) is 4.79 Å². The van der Waals surface area contributed by atoms with Crippen LogP contribution in [-0.4, -0.2) is 29.0 Å². The standard InChI is InChI=1S/C21H20N4O/c1-15-12-16-8-6-7-11-19(16)25(15)20-13-18(22-14-23-20)21(26)24(2)17-9-4-3-5-10-17/h3-11,13-15H,12H2,1-2H3. The Kier molecular flexibility index (Phi) is 4.13. The predicted molar refractivity (Wildman–Crippen MR) is 103 cm³/mol. The first-order chi connectivity index (χ1) is 12.6. The van der Waals surface area contributed by atoms with E-state index < -0.39 is 0 Å². The second-order valence-corrected chi connectivity index (χ2v) is 6.51. The summed E-state index contributed by atoms with van der Waals surface area (Å²) in [5.74, 6) is 0.599. The van der Waals surface area contributed by atoms with Gasteiger partial charge in [-0.05, 0) is 37.1 Å². The molecule has 1 aliphatic heterocycles. The Hall–Kier alpha value is -3.21. The molecule has 1 unspecified atom stereocenters. The fraction of sp³-hybridized carbons (Fsp3) is 0.190. The lowest BCUT2D eigenvalue weighted by Gasteiger charge is -2.24. The van der Waals surface area contributed by atoms with Crippen LogP contribution in [0, 0.1) is 0 Å². The van der Waals surface area contributed by atoms with Gasteiger partial charge in [0.1, 0.15) is 17.8 Å². The summed E-state index contributed by atoms with van der Waals surface area (Å²) >= 11 is 0. The van der Waals surface area contributed by atoms with Crippen molar-refractivity contribution >= 4 is 23.1 Å². The van der Waals surface area contributed by atoms with Gasteiger partial charge in [0.2, 0.25) is 0 Å². The average Bonchev–Trinajstić information content (AvgIpc) is 3.03. The summed E-state index contributed by atoms with van der Waals surface area (Å²) in [7, 11) is 1.76. The minimum atomic E-state index is -0.153. The number of carbonyl (C=O) groups is 1. The number of anilines is 3. The van der Waals surface area contributed by atoms with Gasteiger partial charge in [0, 0.05) is 30.5 Å². The highest BCUT2D eigenvalue weighted by atomic mass is 16.2. The fourth-order valence-electron chi connectivity index (χ4n) is 3.45. The van der Waals surface area contributed by atoms with E-state index >= 15 is 0 Å². The van der Waals surface area contributed by atoms with Crippen molar-refractivity contribution in [1.29, 1.82) is 0 Å². The van der Waals surface area contributed by atoms with Crippen molar-refractivity contribution in [1.82, 2.24) is 9.97 Å². The van der Waals surface area contributed by atoms with Crippen molar-refractivity contribution in [3.05, 3.63) is 78.2 Å². The number of para-hydroxylation sites is 2. The molecule has 1 aliphatic rings. The Labute approximate surface area is 152 Å². The molecule has 0 spiro atoms. The molecular weight excluding hydrogens is 324 g/mol. The Balaban J connectivity index is 1.66. The molecule has 0 radical (unpaired) electrons. The van der Waals surface area contributed by atoms with Crippen molar-refractivity contribution in [3.63, 3.8) is 0 Å². The van der Waals surface area contributed by atoms with E-state index in [0.29, 0.717) is 5.69 Å². The van der Waals surface area contributed by atoms with Gasteiger partial charge >= 0.3 is 0 Å². The zero-order valence-corrected chi connectivity index (χ0v) is 14.8. The summed E-state index contributed by atoms with van der Waals surface area (Å²) in [6.45, 7) is 2.17. The predicted octanol–water partition coefficient (Wildman–Crippen LogP) is 3.84. The molecule has 1 aromatic heterocycles. The molecule has 0 N–H and O–H groups in total. The lowest BCUT2D eigenvalue weighted by atomic mass is 10.1. The molecule has 0 bridgehead atoms. The van der Waals surface area contributed by atoms with Crippen LogP contribution in [0.2, 0.25) is 0 Å². The van der Waals surface area contributed by atoms with Crippen molar-refractivity contribution in [2.24, 2.45) is 0 Å². The number of fused-ring (bicyclic) bond motifs is 1. The molecule has 0 aliphatic carbocycles. The van der Waals surface area contributed by atoms with E-state index in [1.54, 1.807) is 18.0 Å². The first-order valence-electron chi connectivity index (χ1n) is 8.67. The fourth-order valence-corrected chi connectivity index (χ4v) is 3.45. The molecule has 2 aromatic carbocycles. The summed E-state index contributed by atoms with van der Waals surface area (Å²) in [5, 5.41) is 0. The van der Waals surface area contributed by atoms with Crippen molar-refractivity contribution in [2.75, 3.05) is 16.8 Å². The van der Waals surface area contributed by atoms with E-state index in [2.05, 4.69) is 40.0 Å². The largest absolute Gasteiger partial charge is 0.323 e. The first-order valence-corrected chi connectivity index (χ1v) is 8.67. The number of hydrogen-bond acceptors (Lipinski definition) is 4. The van der Waals surface area contributed by atoms with E-state index in [9.17, 15) is 4.79 Å². The van der Waals surface area contributed by atoms with E-state index in [1.165, 1.54) is 11.9 Å². The van der Waals surface area contributed by atoms with Gasteiger partial charge < -0.3 is 9.80 Å². The van der Waals surface area contributed by atoms with Crippen LogP contribution < -0.4 is 9.80 Å².